The Morgan fingerprint density at radius 3 is 2.55 bits per heavy atom. The van der Waals surface area contributed by atoms with Gasteiger partial charge in [0.25, 0.3) is 0 Å². The minimum absolute atomic E-state index is 0.118. The molecule has 7 heteroatoms. The van der Waals surface area contributed by atoms with Crippen LogP contribution in [0.25, 0.3) is 0 Å². The number of ether oxygens (including phenoxy) is 3. The topological polar surface area (TPSA) is 61.8 Å². The van der Waals surface area contributed by atoms with Gasteiger partial charge in [0.05, 0.1) is 24.7 Å². The first-order valence-electron chi connectivity index (χ1n) is 6.22. The lowest BCUT2D eigenvalue weighted by Crippen LogP contribution is -2.11. The monoisotopic (exact) mass is 384 g/mol. The number of hydrogen-bond acceptors (Lipinski definition) is 6. The number of carbonyl (C=O) groups excluding carboxylic acids is 2. The van der Waals surface area contributed by atoms with Gasteiger partial charge in [0, 0.05) is 4.47 Å². The van der Waals surface area contributed by atoms with Gasteiger partial charge < -0.3 is 14.2 Å². The van der Waals surface area contributed by atoms with Crippen molar-refractivity contribution in [3.63, 3.8) is 0 Å². The molecule has 1 aromatic carbocycles. The number of methoxy groups -OCH3 is 2. The maximum Gasteiger partial charge on any atom is 0.337 e. The first-order chi connectivity index (χ1) is 10.6. The quantitative estimate of drug-likeness (QED) is 0.562. The molecule has 116 valence electrons. The highest BCUT2D eigenvalue weighted by molar-refractivity contribution is 9.10. The lowest BCUT2D eigenvalue weighted by atomic mass is 10.2. The molecule has 0 saturated carbocycles. The number of thiophene rings is 1. The second kappa shape index (κ2) is 7.42. The number of esters is 1. The molecule has 0 aliphatic rings. The van der Waals surface area contributed by atoms with Gasteiger partial charge in [-0.25, -0.2) is 4.79 Å². The second-order valence-electron chi connectivity index (χ2n) is 4.17. The minimum atomic E-state index is -0.469. The molecule has 0 unspecified atom stereocenters. The van der Waals surface area contributed by atoms with Gasteiger partial charge in [-0.2, -0.15) is 0 Å². The van der Waals surface area contributed by atoms with E-state index in [-0.39, 0.29) is 12.4 Å². The highest BCUT2D eigenvalue weighted by atomic mass is 79.9. The maximum absolute atomic E-state index is 12.1. The van der Waals surface area contributed by atoms with E-state index in [2.05, 4.69) is 20.7 Å². The average molecular weight is 385 g/mol. The van der Waals surface area contributed by atoms with Crippen LogP contribution in [0.15, 0.2) is 34.1 Å². The SMILES string of the molecule is COC(=O)c1ccc(OCC(=O)c2sccc2Br)c(OC)c1. The number of benzene rings is 1. The molecule has 0 N–H and O–H groups in total. The van der Waals surface area contributed by atoms with E-state index in [1.165, 1.54) is 31.6 Å². The third kappa shape index (κ3) is 3.66. The third-order valence-electron chi connectivity index (χ3n) is 2.81. The number of hydrogen-bond donors (Lipinski definition) is 0. The Morgan fingerprint density at radius 1 is 1.18 bits per heavy atom. The maximum atomic E-state index is 12.1. The molecule has 0 radical (unpaired) electrons. The Morgan fingerprint density at radius 2 is 1.95 bits per heavy atom. The first kappa shape index (κ1) is 16.5. The van der Waals surface area contributed by atoms with Crippen molar-refractivity contribution in [2.45, 2.75) is 0 Å². The van der Waals surface area contributed by atoms with Gasteiger partial charge >= 0.3 is 5.97 Å². The minimum Gasteiger partial charge on any atom is -0.493 e. The van der Waals surface area contributed by atoms with Gasteiger partial charge in [-0.1, -0.05) is 0 Å². The first-order valence-corrected chi connectivity index (χ1v) is 7.89. The van der Waals surface area contributed by atoms with Crippen LogP contribution < -0.4 is 9.47 Å². The van der Waals surface area contributed by atoms with E-state index in [1.807, 2.05) is 11.4 Å². The van der Waals surface area contributed by atoms with Crippen LogP contribution >= 0.6 is 27.3 Å². The van der Waals surface area contributed by atoms with Crippen molar-refractivity contribution in [2.24, 2.45) is 0 Å². The lowest BCUT2D eigenvalue weighted by molar-refractivity contribution is 0.0600. The van der Waals surface area contributed by atoms with Gasteiger partial charge in [-0.15, -0.1) is 11.3 Å². The van der Waals surface area contributed by atoms with E-state index in [9.17, 15) is 9.59 Å². The van der Waals surface area contributed by atoms with Crippen LogP contribution in [0.5, 0.6) is 11.5 Å². The fraction of sp³-hybridized carbons (Fsp3) is 0.200. The van der Waals surface area contributed by atoms with Crippen molar-refractivity contribution < 1.29 is 23.8 Å². The van der Waals surface area contributed by atoms with E-state index in [0.717, 1.165) is 4.47 Å². The van der Waals surface area contributed by atoms with Crippen molar-refractivity contribution in [3.8, 4) is 11.5 Å². The fourth-order valence-electron chi connectivity index (χ4n) is 1.73. The average Bonchev–Trinajstić information content (AvgIpc) is 2.97. The van der Waals surface area contributed by atoms with Crippen molar-refractivity contribution in [1.82, 2.24) is 0 Å². The summed E-state index contributed by atoms with van der Waals surface area (Å²) >= 11 is 4.66. The molecule has 0 spiro atoms. The molecule has 0 aliphatic heterocycles. The predicted molar refractivity (Wildman–Crippen MR) is 86.2 cm³/mol. The van der Waals surface area contributed by atoms with E-state index in [0.29, 0.717) is 21.9 Å². The van der Waals surface area contributed by atoms with E-state index < -0.39 is 5.97 Å². The van der Waals surface area contributed by atoms with Crippen molar-refractivity contribution in [2.75, 3.05) is 20.8 Å². The number of rotatable bonds is 6. The summed E-state index contributed by atoms with van der Waals surface area (Å²) in [5, 5.41) is 1.82. The molecular formula is C15H13BrO5S. The smallest absolute Gasteiger partial charge is 0.337 e. The van der Waals surface area contributed by atoms with Crippen molar-refractivity contribution in [3.05, 3.63) is 44.6 Å². The number of halogens is 1. The Bertz CT molecular complexity index is 695. The molecule has 0 fully saturated rings. The second-order valence-corrected chi connectivity index (χ2v) is 5.94. The molecule has 5 nitrogen and oxygen atoms in total. The molecule has 0 atom stereocenters. The Balaban J connectivity index is 2.11. The highest BCUT2D eigenvalue weighted by Gasteiger charge is 2.15. The Kier molecular flexibility index (Phi) is 5.57. The van der Waals surface area contributed by atoms with Crippen molar-refractivity contribution >= 4 is 39.0 Å². The summed E-state index contributed by atoms with van der Waals surface area (Å²) in [6, 6.07) is 6.44. The zero-order valence-corrected chi connectivity index (χ0v) is 14.3. The highest BCUT2D eigenvalue weighted by Crippen LogP contribution is 2.29. The molecule has 22 heavy (non-hydrogen) atoms. The zero-order valence-electron chi connectivity index (χ0n) is 11.9. The van der Waals surface area contributed by atoms with Crippen LogP contribution in [0.4, 0.5) is 0 Å². The van der Waals surface area contributed by atoms with Crippen LogP contribution in [0.3, 0.4) is 0 Å². The predicted octanol–water partition coefficient (Wildman–Crippen LogP) is 3.57. The molecule has 0 aliphatic carbocycles. The van der Waals surface area contributed by atoms with Gasteiger partial charge in [-0.3, -0.25) is 4.79 Å². The Hall–Kier alpha value is -1.86. The molecule has 0 amide bonds. The van der Waals surface area contributed by atoms with E-state index in [4.69, 9.17) is 9.47 Å². The number of ketones is 1. The van der Waals surface area contributed by atoms with E-state index >= 15 is 0 Å². The molecule has 2 aromatic rings. The zero-order chi connectivity index (χ0) is 16.1. The summed E-state index contributed by atoms with van der Waals surface area (Å²) in [6.45, 7) is -0.118. The molecule has 2 rings (SSSR count). The van der Waals surface area contributed by atoms with E-state index in [1.54, 1.807) is 12.1 Å². The third-order valence-corrected chi connectivity index (χ3v) is 4.69. The number of carbonyl (C=O) groups is 2. The summed E-state index contributed by atoms with van der Waals surface area (Å²) < 4.78 is 16.1. The molecule has 1 aromatic heterocycles. The van der Waals surface area contributed by atoms with Gasteiger partial charge in [-0.05, 0) is 45.6 Å². The summed E-state index contributed by atoms with van der Waals surface area (Å²) in [7, 11) is 2.76. The van der Waals surface area contributed by atoms with Crippen LogP contribution in [-0.2, 0) is 4.74 Å². The summed E-state index contributed by atoms with van der Waals surface area (Å²) in [6.07, 6.45) is 0. The molecule has 1 heterocycles. The lowest BCUT2D eigenvalue weighted by Gasteiger charge is -2.11. The molecule has 0 saturated heterocycles. The normalized spacial score (nSPS) is 10.1. The largest absolute Gasteiger partial charge is 0.493 e. The van der Waals surface area contributed by atoms with Crippen LogP contribution in [0, 0.1) is 0 Å². The molecular weight excluding hydrogens is 372 g/mol. The van der Waals surface area contributed by atoms with Gasteiger partial charge in [0.1, 0.15) is 0 Å². The van der Waals surface area contributed by atoms with Crippen LogP contribution in [0.1, 0.15) is 20.0 Å². The molecule has 0 bridgehead atoms. The Labute approximate surface area is 139 Å². The van der Waals surface area contributed by atoms with Gasteiger partial charge in [0.15, 0.2) is 18.1 Å². The van der Waals surface area contributed by atoms with Crippen molar-refractivity contribution in [1.29, 1.82) is 0 Å². The number of Topliss-reactive ketones (excluding diaryl/α,β-unsaturated/α-hetero) is 1. The fourth-order valence-corrected chi connectivity index (χ4v) is 3.25. The summed E-state index contributed by atoms with van der Waals surface area (Å²) in [4.78, 5) is 24.1. The standard InChI is InChI=1S/C15H13BrO5S/c1-19-13-7-9(15(18)20-2)3-4-12(13)21-8-11(17)14-10(16)5-6-22-14/h3-7H,8H2,1-2H3. The summed E-state index contributed by atoms with van der Waals surface area (Å²) in [5.41, 5.74) is 0.346. The summed E-state index contributed by atoms with van der Waals surface area (Å²) in [5.74, 6) is 0.140. The van der Waals surface area contributed by atoms with Crippen LogP contribution in [0.2, 0.25) is 0 Å². The van der Waals surface area contributed by atoms with Crippen LogP contribution in [-0.4, -0.2) is 32.6 Å². The van der Waals surface area contributed by atoms with Gasteiger partial charge in [0.2, 0.25) is 5.78 Å².